The van der Waals surface area contributed by atoms with Gasteiger partial charge >= 0.3 is 5.69 Å². The van der Waals surface area contributed by atoms with Gasteiger partial charge < -0.3 is 0 Å². The molecule has 0 unspecified atom stereocenters. The highest BCUT2D eigenvalue weighted by Crippen LogP contribution is 2.11. The minimum absolute atomic E-state index is 0.213. The number of hydrogen-bond acceptors (Lipinski definition) is 4. The Labute approximate surface area is 152 Å². The maximum absolute atomic E-state index is 13.0. The monoisotopic (exact) mass is 360 g/mol. The standard InChI is InChI=1S/C19H25FN4O2/c1-21-17(12-18(25)22(2)19(21)26)14-24-9-3-8-23(10-11-24)13-15-4-6-16(20)7-5-15/h4-7,12H,3,8-11,13-14H2,1-2H3. The molecule has 1 aliphatic heterocycles. The summed E-state index contributed by atoms with van der Waals surface area (Å²) in [5.74, 6) is -0.213. The van der Waals surface area contributed by atoms with E-state index in [0.29, 0.717) is 6.54 Å². The topological polar surface area (TPSA) is 50.5 Å². The molecule has 2 aromatic rings. The van der Waals surface area contributed by atoms with Gasteiger partial charge in [-0.1, -0.05) is 12.1 Å². The molecule has 140 valence electrons. The summed E-state index contributed by atoms with van der Waals surface area (Å²) >= 11 is 0. The van der Waals surface area contributed by atoms with Crippen molar-refractivity contribution >= 4 is 0 Å². The van der Waals surface area contributed by atoms with E-state index in [4.69, 9.17) is 0 Å². The Morgan fingerprint density at radius 1 is 0.885 bits per heavy atom. The second-order valence-electron chi connectivity index (χ2n) is 6.91. The summed E-state index contributed by atoms with van der Waals surface area (Å²) in [6.45, 7) is 5.05. The fourth-order valence-corrected chi connectivity index (χ4v) is 3.35. The first-order valence-electron chi connectivity index (χ1n) is 8.89. The van der Waals surface area contributed by atoms with Crippen LogP contribution in [0.5, 0.6) is 0 Å². The largest absolute Gasteiger partial charge is 0.330 e. The van der Waals surface area contributed by atoms with Crippen LogP contribution in [0.15, 0.2) is 39.9 Å². The molecule has 0 atom stereocenters. The molecule has 2 heterocycles. The van der Waals surface area contributed by atoms with E-state index >= 15 is 0 Å². The van der Waals surface area contributed by atoms with Crippen LogP contribution >= 0.6 is 0 Å². The Bertz CT molecular complexity index is 873. The van der Waals surface area contributed by atoms with Gasteiger partial charge in [-0.3, -0.25) is 23.7 Å². The zero-order valence-corrected chi connectivity index (χ0v) is 15.3. The van der Waals surface area contributed by atoms with Crippen LogP contribution in [0.1, 0.15) is 17.7 Å². The SMILES string of the molecule is Cn1c(CN2CCCN(Cc3ccc(F)cc3)CC2)cc(=O)n(C)c1=O. The van der Waals surface area contributed by atoms with Gasteiger partial charge in [-0.25, -0.2) is 9.18 Å². The van der Waals surface area contributed by atoms with Crippen LogP contribution in [0.3, 0.4) is 0 Å². The van der Waals surface area contributed by atoms with Crippen LogP contribution in [-0.2, 0) is 27.2 Å². The molecule has 0 aliphatic carbocycles. The molecule has 0 spiro atoms. The predicted octanol–water partition coefficient (Wildman–Crippen LogP) is 0.931. The van der Waals surface area contributed by atoms with E-state index in [1.54, 1.807) is 17.7 Å². The fraction of sp³-hybridized carbons (Fsp3) is 0.474. The highest BCUT2D eigenvalue weighted by atomic mass is 19.1. The van der Waals surface area contributed by atoms with Gasteiger partial charge in [0.1, 0.15) is 5.82 Å². The fourth-order valence-electron chi connectivity index (χ4n) is 3.35. The molecule has 3 rings (SSSR count). The van der Waals surface area contributed by atoms with Crippen LogP contribution in [0.25, 0.3) is 0 Å². The molecule has 1 fully saturated rings. The number of rotatable bonds is 4. The smallest absolute Gasteiger partial charge is 0.299 e. The van der Waals surface area contributed by atoms with Gasteiger partial charge in [-0.05, 0) is 37.2 Å². The van der Waals surface area contributed by atoms with Gasteiger partial charge in [0.05, 0.1) is 0 Å². The Morgan fingerprint density at radius 2 is 1.50 bits per heavy atom. The molecular formula is C19H25FN4O2. The molecular weight excluding hydrogens is 335 g/mol. The summed E-state index contributed by atoms with van der Waals surface area (Å²) in [6, 6.07) is 8.19. The third-order valence-electron chi connectivity index (χ3n) is 5.01. The average molecular weight is 360 g/mol. The summed E-state index contributed by atoms with van der Waals surface area (Å²) in [4.78, 5) is 28.6. The molecule has 1 aromatic carbocycles. The van der Waals surface area contributed by atoms with E-state index in [0.717, 1.165) is 55.0 Å². The van der Waals surface area contributed by atoms with E-state index in [9.17, 15) is 14.0 Å². The van der Waals surface area contributed by atoms with Crippen LogP contribution in [0.4, 0.5) is 4.39 Å². The number of nitrogens with zero attached hydrogens (tertiary/aromatic N) is 4. The number of aromatic nitrogens is 2. The van der Waals surface area contributed by atoms with Crippen molar-refractivity contribution in [1.29, 1.82) is 0 Å². The van der Waals surface area contributed by atoms with Crippen molar-refractivity contribution in [3.8, 4) is 0 Å². The van der Waals surface area contributed by atoms with Crippen molar-refractivity contribution in [1.82, 2.24) is 18.9 Å². The van der Waals surface area contributed by atoms with Gasteiger partial charge in [0.2, 0.25) is 0 Å². The first kappa shape index (κ1) is 18.5. The maximum Gasteiger partial charge on any atom is 0.330 e. The molecule has 6 nitrogen and oxygen atoms in total. The normalized spacial score (nSPS) is 16.6. The molecule has 0 saturated carbocycles. The lowest BCUT2D eigenvalue weighted by Gasteiger charge is -2.22. The van der Waals surface area contributed by atoms with Crippen molar-refractivity contribution in [3.05, 3.63) is 68.2 Å². The number of halogens is 1. The highest BCUT2D eigenvalue weighted by Gasteiger charge is 2.17. The number of benzene rings is 1. The second-order valence-corrected chi connectivity index (χ2v) is 6.91. The van der Waals surface area contributed by atoms with Gasteiger partial charge in [0.15, 0.2) is 0 Å². The third-order valence-corrected chi connectivity index (χ3v) is 5.01. The summed E-state index contributed by atoms with van der Waals surface area (Å²) in [5, 5.41) is 0. The van der Waals surface area contributed by atoms with Crippen LogP contribution in [0.2, 0.25) is 0 Å². The molecule has 0 bridgehead atoms. The lowest BCUT2D eigenvalue weighted by atomic mass is 10.2. The molecule has 1 aliphatic rings. The molecule has 0 amide bonds. The molecule has 26 heavy (non-hydrogen) atoms. The summed E-state index contributed by atoms with van der Waals surface area (Å²) in [5.41, 5.74) is 1.29. The van der Waals surface area contributed by atoms with Crippen molar-refractivity contribution in [2.24, 2.45) is 14.1 Å². The number of hydrogen-bond donors (Lipinski definition) is 0. The van der Waals surface area contributed by atoms with Crippen molar-refractivity contribution in [2.75, 3.05) is 26.2 Å². The Morgan fingerprint density at radius 3 is 2.15 bits per heavy atom. The molecule has 0 N–H and O–H groups in total. The van der Waals surface area contributed by atoms with Gasteiger partial charge in [0.25, 0.3) is 5.56 Å². The molecule has 0 radical (unpaired) electrons. The average Bonchev–Trinajstić information content (AvgIpc) is 2.85. The quantitative estimate of drug-likeness (QED) is 0.814. The molecule has 1 saturated heterocycles. The lowest BCUT2D eigenvalue weighted by molar-refractivity contribution is 0.243. The first-order chi connectivity index (χ1) is 12.4. The highest BCUT2D eigenvalue weighted by molar-refractivity contribution is 5.16. The summed E-state index contributed by atoms with van der Waals surface area (Å²) in [6.07, 6.45) is 1.01. The Hall–Kier alpha value is -2.25. The van der Waals surface area contributed by atoms with Crippen molar-refractivity contribution in [2.45, 2.75) is 19.5 Å². The lowest BCUT2D eigenvalue weighted by Crippen LogP contribution is -2.40. The van der Waals surface area contributed by atoms with Gasteiger partial charge in [-0.15, -0.1) is 0 Å². The van der Waals surface area contributed by atoms with Gasteiger partial charge in [-0.2, -0.15) is 0 Å². The Kier molecular flexibility index (Phi) is 5.68. The molecule has 1 aromatic heterocycles. The van der Waals surface area contributed by atoms with E-state index in [2.05, 4.69) is 9.80 Å². The predicted molar refractivity (Wildman–Crippen MR) is 98.5 cm³/mol. The van der Waals surface area contributed by atoms with Crippen molar-refractivity contribution in [3.63, 3.8) is 0 Å². The van der Waals surface area contributed by atoms with Crippen molar-refractivity contribution < 1.29 is 4.39 Å². The minimum Gasteiger partial charge on any atom is -0.299 e. The summed E-state index contributed by atoms with van der Waals surface area (Å²) < 4.78 is 15.7. The zero-order chi connectivity index (χ0) is 18.7. The van der Waals surface area contributed by atoms with Crippen LogP contribution in [0, 0.1) is 5.82 Å². The second kappa shape index (κ2) is 7.97. The first-order valence-corrected chi connectivity index (χ1v) is 8.89. The van der Waals surface area contributed by atoms with E-state index in [1.165, 1.54) is 19.2 Å². The van der Waals surface area contributed by atoms with Crippen LogP contribution < -0.4 is 11.2 Å². The van der Waals surface area contributed by atoms with Crippen LogP contribution in [-0.4, -0.2) is 45.1 Å². The van der Waals surface area contributed by atoms with E-state index in [1.807, 2.05) is 12.1 Å². The summed E-state index contributed by atoms with van der Waals surface area (Å²) in [7, 11) is 3.20. The molecule has 7 heteroatoms. The zero-order valence-electron chi connectivity index (χ0n) is 15.3. The van der Waals surface area contributed by atoms with E-state index < -0.39 is 0 Å². The van der Waals surface area contributed by atoms with E-state index in [-0.39, 0.29) is 17.1 Å². The Balaban J connectivity index is 1.63. The van der Waals surface area contributed by atoms with Gasteiger partial charge in [0, 0.05) is 52.0 Å². The minimum atomic E-state index is -0.291. The maximum atomic E-state index is 13.0. The third kappa shape index (κ3) is 4.28.